The Kier molecular flexibility index (Phi) is 12.6. The molecule has 0 radical (unpaired) electrons. The molecule has 0 spiro atoms. The van der Waals surface area contributed by atoms with E-state index in [4.69, 9.17) is 4.74 Å². The predicted octanol–water partition coefficient (Wildman–Crippen LogP) is 5.19. The second kappa shape index (κ2) is 14.8. The highest BCUT2D eigenvalue weighted by atomic mass is 16.5. The molecule has 0 aromatic heterocycles. The van der Waals surface area contributed by atoms with Crippen molar-refractivity contribution in [1.29, 1.82) is 0 Å². The van der Waals surface area contributed by atoms with Crippen LogP contribution in [0.4, 0.5) is 5.69 Å². The van der Waals surface area contributed by atoms with E-state index in [2.05, 4.69) is 38.3 Å². The number of nitrogens with one attached hydrogen (secondary N) is 2. The van der Waals surface area contributed by atoms with Crippen molar-refractivity contribution in [3.63, 3.8) is 0 Å². The normalized spacial score (nSPS) is 10.3. The second-order valence-corrected chi connectivity index (χ2v) is 7.04. The zero-order chi connectivity index (χ0) is 20.6. The zero-order valence-electron chi connectivity index (χ0n) is 17.8. The van der Waals surface area contributed by atoms with Gasteiger partial charge in [-0.15, -0.1) is 0 Å². The molecule has 2 aromatic rings. The summed E-state index contributed by atoms with van der Waals surface area (Å²) in [4.78, 5) is 11.8. The highest BCUT2D eigenvalue weighted by molar-refractivity contribution is 5.91. The molecule has 4 heteroatoms. The van der Waals surface area contributed by atoms with Crippen molar-refractivity contribution in [1.82, 2.24) is 5.32 Å². The molecular formula is C24H36N2O2. The first-order chi connectivity index (χ1) is 13.5. The van der Waals surface area contributed by atoms with E-state index in [-0.39, 0.29) is 12.5 Å². The van der Waals surface area contributed by atoms with Gasteiger partial charge in [-0.2, -0.15) is 0 Å². The van der Waals surface area contributed by atoms with Crippen LogP contribution < -0.4 is 10.6 Å². The maximum atomic E-state index is 11.8. The van der Waals surface area contributed by atoms with Crippen LogP contribution in [0.3, 0.4) is 0 Å². The fraction of sp³-hybridized carbons (Fsp3) is 0.458. The van der Waals surface area contributed by atoms with Gasteiger partial charge in [0.1, 0.15) is 6.61 Å². The van der Waals surface area contributed by atoms with Crippen LogP contribution in [0.25, 0.3) is 0 Å². The average molecular weight is 385 g/mol. The molecule has 154 valence electrons. The summed E-state index contributed by atoms with van der Waals surface area (Å²) in [6.07, 6.45) is 3.55. The van der Waals surface area contributed by atoms with Crippen LogP contribution in [-0.4, -0.2) is 25.1 Å². The molecule has 0 saturated carbocycles. The molecule has 0 aliphatic rings. The molecule has 0 unspecified atom stereocenters. The Bertz CT molecular complexity index is 657. The molecule has 0 fully saturated rings. The smallest absolute Gasteiger partial charge is 0.250 e. The number of benzene rings is 2. The third-order valence-corrected chi connectivity index (χ3v) is 4.05. The minimum atomic E-state index is -0.130. The first kappa shape index (κ1) is 23.9. The van der Waals surface area contributed by atoms with Gasteiger partial charge in [0.2, 0.25) is 5.91 Å². The Morgan fingerprint density at radius 2 is 1.71 bits per heavy atom. The Morgan fingerprint density at radius 1 is 1.00 bits per heavy atom. The molecule has 2 aromatic carbocycles. The molecule has 0 saturated heterocycles. The second-order valence-electron chi connectivity index (χ2n) is 7.04. The average Bonchev–Trinajstić information content (AvgIpc) is 2.69. The van der Waals surface area contributed by atoms with Crippen LogP contribution in [0, 0.1) is 0 Å². The summed E-state index contributed by atoms with van der Waals surface area (Å²) in [5, 5.41) is 6.19. The lowest BCUT2D eigenvalue weighted by Gasteiger charge is -2.07. The lowest BCUT2D eigenvalue weighted by Crippen LogP contribution is -2.23. The minimum Gasteiger partial charge on any atom is -0.367 e. The van der Waals surface area contributed by atoms with Crippen LogP contribution in [0.15, 0.2) is 54.6 Å². The number of hydrogen-bond donors (Lipinski definition) is 2. The maximum absolute atomic E-state index is 11.8. The standard InChI is InChI=1S/C17H19NO2.C7H17N/c1-2-14-9-6-10-16(11-14)18-17(19)13-20-12-15-7-4-3-5-8-15;1-4-5-6-8-7(2)3/h3-11H,2,12-13H2,1H3,(H,18,19);7-8H,4-6H2,1-3H3. The Balaban J connectivity index is 0.000000416. The summed E-state index contributed by atoms with van der Waals surface area (Å²) in [5.41, 5.74) is 3.08. The van der Waals surface area contributed by atoms with Gasteiger partial charge in [-0.3, -0.25) is 4.79 Å². The van der Waals surface area contributed by atoms with E-state index in [0.717, 1.165) is 17.7 Å². The van der Waals surface area contributed by atoms with Gasteiger partial charge in [-0.05, 0) is 42.6 Å². The summed E-state index contributed by atoms with van der Waals surface area (Å²) in [6, 6.07) is 18.3. The third kappa shape index (κ3) is 11.5. The number of carbonyl (C=O) groups is 1. The van der Waals surface area contributed by atoms with Crippen molar-refractivity contribution in [2.75, 3.05) is 18.5 Å². The van der Waals surface area contributed by atoms with Gasteiger partial charge in [-0.1, -0.05) is 76.6 Å². The molecule has 1 amide bonds. The van der Waals surface area contributed by atoms with Gasteiger partial charge in [-0.25, -0.2) is 0 Å². The molecule has 2 rings (SSSR count). The van der Waals surface area contributed by atoms with Gasteiger partial charge in [0, 0.05) is 11.7 Å². The number of rotatable bonds is 10. The Labute approximate surface area is 170 Å². The molecule has 4 nitrogen and oxygen atoms in total. The molecule has 0 heterocycles. The molecule has 0 atom stereocenters. The minimum absolute atomic E-state index is 0.0608. The number of hydrogen-bond acceptors (Lipinski definition) is 3. The summed E-state index contributed by atoms with van der Waals surface area (Å²) in [7, 11) is 0. The number of amides is 1. The van der Waals surface area contributed by atoms with Crippen LogP contribution >= 0.6 is 0 Å². The van der Waals surface area contributed by atoms with Crippen LogP contribution in [0.1, 0.15) is 51.7 Å². The lowest BCUT2D eigenvalue weighted by molar-refractivity contribution is -0.121. The largest absolute Gasteiger partial charge is 0.367 e. The molecular weight excluding hydrogens is 348 g/mol. The highest BCUT2D eigenvalue weighted by Crippen LogP contribution is 2.11. The van der Waals surface area contributed by atoms with Gasteiger partial charge in [0.25, 0.3) is 0 Å². The van der Waals surface area contributed by atoms with E-state index in [1.54, 1.807) is 0 Å². The number of anilines is 1. The first-order valence-corrected chi connectivity index (χ1v) is 10.3. The van der Waals surface area contributed by atoms with E-state index in [9.17, 15) is 4.79 Å². The number of unbranched alkanes of at least 4 members (excludes halogenated alkanes) is 1. The molecule has 28 heavy (non-hydrogen) atoms. The maximum Gasteiger partial charge on any atom is 0.250 e. The third-order valence-electron chi connectivity index (χ3n) is 4.05. The lowest BCUT2D eigenvalue weighted by atomic mass is 10.1. The van der Waals surface area contributed by atoms with Crippen molar-refractivity contribution < 1.29 is 9.53 Å². The molecule has 0 aliphatic carbocycles. The molecule has 2 N–H and O–H groups in total. The summed E-state index contributed by atoms with van der Waals surface area (Å²) >= 11 is 0. The Morgan fingerprint density at radius 3 is 2.36 bits per heavy atom. The van der Waals surface area contributed by atoms with Crippen molar-refractivity contribution in [2.24, 2.45) is 0 Å². The fourth-order valence-corrected chi connectivity index (χ4v) is 2.47. The van der Waals surface area contributed by atoms with E-state index in [1.807, 2.05) is 54.6 Å². The van der Waals surface area contributed by atoms with Gasteiger partial charge in [0.05, 0.1) is 6.61 Å². The summed E-state index contributed by atoms with van der Waals surface area (Å²) in [6.45, 7) is 10.3. The van der Waals surface area contributed by atoms with Crippen LogP contribution in [-0.2, 0) is 22.6 Å². The number of aryl methyl sites for hydroxylation is 1. The van der Waals surface area contributed by atoms with E-state index in [1.165, 1.54) is 24.9 Å². The SMILES string of the molecule is CCCCNC(C)C.CCc1cccc(NC(=O)COCc2ccccc2)c1. The van der Waals surface area contributed by atoms with Gasteiger partial charge in [0.15, 0.2) is 0 Å². The van der Waals surface area contributed by atoms with Gasteiger partial charge < -0.3 is 15.4 Å². The molecule has 0 aliphatic heterocycles. The monoisotopic (exact) mass is 384 g/mol. The van der Waals surface area contributed by atoms with E-state index >= 15 is 0 Å². The Hall–Kier alpha value is -2.17. The van der Waals surface area contributed by atoms with Crippen LogP contribution in [0.2, 0.25) is 0 Å². The predicted molar refractivity (Wildman–Crippen MR) is 119 cm³/mol. The summed E-state index contributed by atoms with van der Waals surface area (Å²) < 4.78 is 5.40. The topological polar surface area (TPSA) is 50.4 Å². The van der Waals surface area contributed by atoms with Crippen molar-refractivity contribution in [3.05, 3.63) is 65.7 Å². The summed E-state index contributed by atoms with van der Waals surface area (Å²) in [5.74, 6) is -0.130. The van der Waals surface area contributed by atoms with Crippen molar-refractivity contribution >= 4 is 11.6 Å². The highest BCUT2D eigenvalue weighted by Gasteiger charge is 2.03. The number of ether oxygens (including phenoxy) is 1. The van der Waals surface area contributed by atoms with Crippen LogP contribution in [0.5, 0.6) is 0 Å². The van der Waals surface area contributed by atoms with E-state index in [0.29, 0.717) is 12.6 Å². The quantitative estimate of drug-likeness (QED) is 0.554. The van der Waals surface area contributed by atoms with E-state index < -0.39 is 0 Å². The fourth-order valence-electron chi connectivity index (χ4n) is 2.47. The van der Waals surface area contributed by atoms with Crippen molar-refractivity contribution in [3.8, 4) is 0 Å². The zero-order valence-corrected chi connectivity index (χ0v) is 17.8. The van der Waals surface area contributed by atoms with Crippen molar-refractivity contribution in [2.45, 2.75) is 59.6 Å². The molecule has 0 bridgehead atoms. The first-order valence-electron chi connectivity index (χ1n) is 10.3. The number of carbonyl (C=O) groups excluding carboxylic acids is 1. The van der Waals surface area contributed by atoms with Gasteiger partial charge >= 0.3 is 0 Å².